The highest BCUT2D eigenvalue weighted by Gasteiger charge is 2.36. The second-order valence-corrected chi connectivity index (χ2v) is 7.23. The quantitative estimate of drug-likeness (QED) is 0.735. The van der Waals surface area contributed by atoms with Gasteiger partial charge in [0.25, 0.3) is 0 Å². The number of phenolic OH excluding ortho intramolecular Hbond substituents is 1. The van der Waals surface area contributed by atoms with Crippen LogP contribution < -0.4 is 5.32 Å². The number of carbonyl (C=O) groups is 2. The molecule has 7 heteroatoms. The minimum atomic E-state index is -1.02. The van der Waals surface area contributed by atoms with Crippen molar-refractivity contribution >= 4 is 17.5 Å². The Balaban J connectivity index is 1.47. The van der Waals surface area contributed by atoms with Crippen LogP contribution in [0.1, 0.15) is 36.9 Å². The molecule has 0 radical (unpaired) electrons. The molecule has 1 aromatic heterocycles. The number of aryl methyl sites for hydroxylation is 1. The van der Waals surface area contributed by atoms with Gasteiger partial charge in [-0.25, -0.2) is 0 Å². The molecule has 2 amide bonds. The summed E-state index contributed by atoms with van der Waals surface area (Å²) in [6.07, 6.45) is 2.74. The Kier molecular flexibility index (Phi) is 5.94. The number of amides is 2. The first-order valence-electron chi connectivity index (χ1n) is 9.38. The number of hydrogen-bond donors (Lipinski definition) is 3. The van der Waals surface area contributed by atoms with Gasteiger partial charge in [-0.05, 0) is 43.5 Å². The van der Waals surface area contributed by atoms with E-state index in [2.05, 4.69) is 10.3 Å². The molecule has 148 valence electrons. The van der Waals surface area contributed by atoms with Crippen LogP contribution in [0.25, 0.3) is 0 Å². The molecule has 28 heavy (non-hydrogen) atoms. The lowest BCUT2D eigenvalue weighted by atomic mass is 9.87. The number of pyridine rings is 1. The molecule has 2 aromatic rings. The summed E-state index contributed by atoms with van der Waals surface area (Å²) >= 11 is 0. The Morgan fingerprint density at radius 3 is 2.57 bits per heavy atom. The first-order chi connectivity index (χ1) is 13.4. The number of anilines is 1. The van der Waals surface area contributed by atoms with Gasteiger partial charge in [0.15, 0.2) is 0 Å². The van der Waals surface area contributed by atoms with Gasteiger partial charge in [0, 0.05) is 43.9 Å². The van der Waals surface area contributed by atoms with Crippen LogP contribution >= 0.6 is 0 Å². The van der Waals surface area contributed by atoms with E-state index in [1.54, 1.807) is 23.2 Å². The van der Waals surface area contributed by atoms with Crippen LogP contribution in [-0.4, -0.2) is 45.0 Å². The standard InChI is InChI=1S/C21H25N3O4/c1-15-5-6-18(22-14-15)21(28)9-11-24(12-10-21)20(27)8-7-19(26)23-16-3-2-4-17(25)13-16/h2-6,13-14,25,28H,7-12H2,1H3,(H,23,26). The summed E-state index contributed by atoms with van der Waals surface area (Å²) in [5.41, 5.74) is 1.14. The first kappa shape index (κ1) is 19.8. The molecule has 0 bridgehead atoms. The molecule has 1 aliphatic rings. The third kappa shape index (κ3) is 4.86. The minimum absolute atomic E-state index is 0.0643. The molecule has 0 unspecified atom stereocenters. The summed E-state index contributed by atoms with van der Waals surface area (Å²) in [5.74, 6) is -0.320. The second kappa shape index (κ2) is 8.39. The number of likely N-dealkylation sites (tertiary alicyclic amines) is 1. The molecule has 0 saturated carbocycles. The maximum Gasteiger partial charge on any atom is 0.224 e. The number of aromatic nitrogens is 1. The SMILES string of the molecule is Cc1ccc(C2(O)CCN(C(=O)CCC(=O)Nc3cccc(O)c3)CC2)nc1. The maximum absolute atomic E-state index is 12.4. The van der Waals surface area contributed by atoms with Crippen LogP contribution in [0.15, 0.2) is 42.6 Å². The lowest BCUT2D eigenvalue weighted by Gasteiger charge is -2.37. The van der Waals surface area contributed by atoms with Gasteiger partial charge >= 0.3 is 0 Å². The van der Waals surface area contributed by atoms with E-state index < -0.39 is 5.60 Å². The lowest BCUT2D eigenvalue weighted by molar-refractivity contribution is -0.137. The summed E-state index contributed by atoms with van der Waals surface area (Å²) in [4.78, 5) is 30.4. The summed E-state index contributed by atoms with van der Waals surface area (Å²) in [6.45, 7) is 2.80. The monoisotopic (exact) mass is 383 g/mol. The number of phenols is 1. The van der Waals surface area contributed by atoms with E-state index in [1.807, 2.05) is 19.1 Å². The topological polar surface area (TPSA) is 103 Å². The molecule has 1 fully saturated rings. The van der Waals surface area contributed by atoms with E-state index in [0.717, 1.165) is 5.56 Å². The van der Waals surface area contributed by atoms with E-state index in [0.29, 0.717) is 37.3 Å². The fraction of sp³-hybridized carbons (Fsp3) is 0.381. The molecule has 0 spiro atoms. The van der Waals surface area contributed by atoms with Crippen LogP contribution in [-0.2, 0) is 15.2 Å². The predicted octanol–water partition coefficient (Wildman–Crippen LogP) is 2.32. The number of piperidine rings is 1. The number of hydrogen-bond acceptors (Lipinski definition) is 5. The smallest absolute Gasteiger partial charge is 0.224 e. The van der Waals surface area contributed by atoms with E-state index in [9.17, 15) is 19.8 Å². The molecule has 2 heterocycles. The minimum Gasteiger partial charge on any atom is -0.508 e. The lowest BCUT2D eigenvalue weighted by Crippen LogP contribution is -2.45. The van der Waals surface area contributed by atoms with Crippen molar-refractivity contribution in [3.05, 3.63) is 53.9 Å². The molecular formula is C21H25N3O4. The van der Waals surface area contributed by atoms with Gasteiger partial charge in [0.2, 0.25) is 11.8 Å². The zero-order valence-electron chi connectivity index (χ0n) is 15.9. The summed E-state index contributed by atoms with van der Waals surface area (Å²) in [7, 11) is 0. The Hall–Kier alpha value is -2.93. The first-order valence-corrected chi connectivity index (χ1v) is 9.38. The molecule has 1 aromatic carbocycles. The number of aliphatic hydroxyl groups is 1. The van der Waals surface area contributed by atoms with Crippen molar-refractivity contribution in [3.63, 3.8) is 0 Å². The molecule has 0 aliphatic carbocycles. The van der Waals surface area contributed by atoms with Crippen molar-refractivity contribution in [1.82, 2.24) is 9.88 Å². The number of nitrogens with one attached hydrogen (secondary N) is 1. The van der Waals surface area contributed by atoms with Crippen molar-refractivity contribution in [3.8, 4) is 5.75 Å². The number of benzene rings is 1. The van der Waals surface area contributed by atoms with E-state index in [1.165, 1.54) is 12.1 Å². The Morgan fingerprint density at radius 2 is 1.93 bits per heavy atom. The van der Waals surface area contributed by atoms with Gasteiger partial charge in [-0.1, -0.05) is 12.1 Å². The van der Waals surface area contributed by atoms with E-state index in [4.69, 9.17) is 0 Å². The molecular weight excluding hydrogens is 358 g/mol. The Morgan fingerprint density at radius 1 is 1.18 bits per heavy atom. The average molecular weight is 383 g/mol. The van der Waals surface area contributed by atoms with Crippen LogP contribution in [0, 0.1) is 6.92 Å². The third-order valence-electron chi connectivity index (χ3n) is 5.03. The molecule has 1 aliphatic heterocycles. The fourth-order valence-corrected chi connectivity index (χ4v) is 3.31. The fourth-order valence-electron chi connectivity index (χ4n) is 3.31. The molecule has 1 saturated heterocycles. The summed E-state index contributed by atoms with van der Waals surface area (Å²) in [6, 6.07) is 10.0. The van der Waals surface area contributed by atoms with Gasteiger partial charge < -0.3 is 20.4 Å². The van der Waals surface area contributed by atoms with Gasteiger partial charge in [-0.15, -0.1) is 0 Å². The highest BCUT2D eigenvalue weighted by atomic mass is 16.3. The Labute approximate surface area is 164 Å². The summed E-state index contributed by atoms with van der Waals surface area (Å²) in [5, 5.41) is 22.9. The van der Waals surface area contributed by atoms with Gasteiger partial charge in [-0.3, -0.25) is 14.6 Å². The molecule has 3 N–H and O–H groups in total. The molecule has 0 atom stereocenters. The zero-order valence-corrected chi connectivity index (χ0v) is 15.9. The van der Waals surface area contributed by atoms with Gasteiger partial charge in [0.1, 0.15) is 11.4 Å². The van der Waals surface area contributed by atoms with Crippen LogP contribution in [0.2, 0.25) is 0 Å². The van der Waals surface area contributed by atoms with E-state index in [-0.39, 0.29) is 30.4 Å². The van der Waals surface area contributed by atoms with Crippen molar-refractivity contribution < 1.29 is 19.8 Å². The predicted molar refractivity (Wildman–Crippen MR) is 105 cm³/mol. The van der Waals surface area contributed by atoms with Crippen LogP contribution in [0.5, 0.6) is 5.75 Å². The number of carbonyl (C=O) groups excluding carboxylic acids is 2. The van der Waals surface area contributed by atoms with Crippen LogP contribution in [0.4, 0.5) is 5.69 Å². The van der Waals surface area contributed by atoms with Gasteiger partial charge in [0.05, 0.1) is 5.69 Å². The van der Waals surface area contributed by atoms with Crippen molar-refractivity contribution in [2.75, 3.05) is 18.4 Å². The van der Waals surface area contributed by atoms with Crippen LogP contribution in [0.3, 0.4) is 0 Å². The number of aromatic hydroxyl groups is 1. The molecule has 7 nitrogen and oxygen atoms in total. The normalized spacial score (nSPS) is 15.9. The largest absolute Gasteiger partial charge is 0.508 e. The highest BCUT2D eigenvalue weighted by molar-refractivity contribution is 5.93. The number of nitrogens with zero attached hydrogens (tertiary/aromatic N) is 2. The maximum atomic E-state index is 12.4. The highest BCUT2D eigenvalue weighted by Crippen LogP contribution is 2.31. The van der Waals surface area contributed by atoms with Crippen molar-refractivity contribution in [2.45, 2.75) is 38.2 Å². The second-order valence-electron chi connectivity index (χ2n) is 7.23. The Bertz CT molecular complexity index is 843. The zero-order chi connectivity index (χ0) is 20.1. The van der Waals surface area contributed by atoms with E-state index >= 15 is 0 Å². The average Bonchev–Trinajstić information content (AvgIpc) is 2.67. The third-order valence-corrected chi connectivity index (χ3v) is 5.03. The van der Waals surface area contributed by atoms with Gasteiger partial charge in [-0.2, -0.15) is 0 Å². The summed E-state index contributed by atoms with van der Waals surface area (Å²) < 4.78 is 0. The number of rotatable bonds is 5. The molecule has 3 rings (SSSR count). The van der Waals surface area contributed by atoms with Crippen molar-refractivity contribution in [1.29, 1.82) is 0 Å². The van der Waals surface area contributed by atoms with Crippen molar-refractivity contribution in [2.24, 2.45) is 0 Å².